The molecule has 0 saturated carbocycles. The van der Waals surface area contributed by atoms with Crippen LogP contribution in [0.2, 0.25) is 0 Å². The molecule has 0 bridgehead atoms. The van der Waals surface area contributed by atoms with Gasteiger partial charge in [-0.3, -0.25) is 19.5 Å². The highest BCUT2D eigenvalue weighted by Crippen LogP contribution is 2.47. The maximum Gasteiger partial charge on any atom is 0.238 e. The Morgan fingerprint density at radius 2 is 1.91 bits per heavy atom. The molecule has 0 radical (unpaired) electrons. The fourth-order valence-corrected chi connectivity index (χ4v) is 4.27. The van der Waals surface area contributed by atoms with Gasteiger partial charge in [-0.15, -0.1) is 11.8 Å². The lowest BCUT2D eigenvalue weighted by Gasteiger charge is -2.25. The molecule has 112 valence electrons. The summed E-state index contributed by atoms with van der Waals surface area (Å²) >= 11 is 1.63. The predicted molar refractivity (Wildman–Crippen MR) is 87.7 cm³/mol. The van der Waals surface area contributed by atoms with Gasteiger partial charge in [0.15, 0.2) is 0 Å². The summed E-state index contributed by atoms with van der Waals surface area (Å²) in [5.74, 6) is -0.520. The van der Waals surface area contributed by atoms with E-state index in [0.717, 1.165) is 17.2 Å². The average Bonchev–Trinajstić information content (AvgIpc) is 3.07. The second-order valence-corrected chi connectivity index (χ2v) is 6.74. The quantitative estimate of drug-likeness (QED) is 0.749. The average molecular weight is 312 g/mol. The van der Waals surface area contributed by atoms with Gasteiger partial charge in [-0.25, -0.2) is 0 Å². The zero-order chi connectivity index (χ0) is 15.3. The first-order valence-electron chi connectivity index (χ1n) is 7.45. The van der Waals surface area contributed by atoms with Crippen LogP contribution in [0.4, 0.5) is 5.69 Å². The van der Waals surface area contributed by atoms with Crippen molar-refractivity contribution < 1.29 is 9.59 Å². The van der Waals surface area contributed by atoms with E-state index >= 15 is 0 Å². The van der Waals surface area contributed by atoms with Gasteiger partial charge in [-0.05, 0) is 24.8 Å². The van der Waals surface area contributed by atoms with E-state index in [-0.39, 0.29) is 29.6 Å². The molecule has 2 amide bonds. The van der Waals surface area contributed by atoms with Crippen LogP contribution in [0.25, 0.3) is 0 Å². The molecule has 1 aromatic carbocycles. The van der Waals surface area contributed by atoms with E-state index in [0.29, 0.717) is 12.1 Å². The molecule has 1 aromatic rings. The fraction of sp³-hybridized carbons (Fsp3) is 0.353. The summed E-state index contributed by atoms with van der Waals surface area (Å²) in [4.78, 5) is 31.6. The molecule has 3 atom stereocenters. The van der Waals surface area contributed by atoms with E-state index in [1.807, 2.05) is 36.6 Å². The van der Waals surface area contributed by atoms with Gasteiger partial charge >= 0.3 is 0 Å². The van der Waals surface area contributed by atoms with Crippen LogP contribution in [-0.2, 0) is 9.59 Å². The zero-order valence-corrected chi connectivity index (χ0v) is 13.0. The number of fused-ring (bicyclic) bond motifs is 3. The van der Waals surface area contributed by atoms with Gasteiger partial charge in [0.2, 0.25) is 11.8 Å². The van der Waals surface area contributed by atoms with E-state index in [9.17, 15) is 9.59 Å². The summed E-state index contributed by atoms with van der Waals surface area (Å²) in [7, 11) is 0. The van der Waals surface area contributed by atoms with E-state index < -0.39 is 0 Å². The Hall–Kier alpha value is -1.88. The summed E-state index contributed by atoms with van der Waals surface area (Å²) < 4.78 is 0. The van der Waals surface area contributed by atoms with E-state index in [4.69, 9.17) is 0 Å². The SMILES string of the molecule is CSC1=NC2=CC[C@@H]3C(=O)N(c4ccccc4)C(=O)[C@@H]3[C@@H]2C1. The monoisotopic (exact) mass is 312 g/mol. The van der Waals surface area contributed by atoms with Crippen LogP contribution < -0.4 is 4.90 Å². The second kappa shape index (κ2) is 5.09. The van der Waals surface area contributed by atoms with Crippen LogP contribution in [0.1, 0.15) is 12.8 Å². The van der Waals surface area contributed by atoms with Crippen molar-refractivity contribution in [1.29, 1.82) is 0 Å². The lowest BCUT2D eigenvalue weighted by Crippen LogP contribution is -2.32. The standard InChI is InChI=1S/C17H16N2O2S/c1-22-14-9-12-13(18-14)8-7-11-15(12)17(21)19(16(11)20)10-5-3-2-4-6-10/h2-6,8,11-12,15H,7,9H2,1H3/t11-,12+,15-/m0/s1. The van der Waals surface area contributed by atoms with Crippen molar-refractivity contribution in [1.82, 2.24) is 0 Å². The summed E-state index contributed by atoms with van der Waals surface area (Å²) in [6.45, 7) is 0. The van der Waals surface area contributed by atoms with Crippen LogP contribution in [0, 0.1) is 17.8 Å². The van der Waals surface area contributed by atoms with Crippen molar-refractivity contribution in [2.24, 2.45) is 22.7 Å². The molecule has 1 aliphatic carbocycles. The molecule has 0 spiro atoms. The largest absolute Gasteiger partial charge is 0.274 e. The molecule has 22 heavy (non-hydrogen) atoms. The first-order chi connectivity index (χ1) is 10.7. The van der Waals surface area contributed by atoms with Gasteiger partial charge in [0.25, 0.3) is 0 Å². The van der Waals surface area contributed by atoms with Crippen LogP contribution in [-0.4, -0.2) is 23.1 Å². The van der Waals surface area contributed by atoms with Gasteiger partial charge in [0, 0.05) is 18.0 Å². The number of para-hydroxylation sites is 1. The van der Waals surface area contributed by atoms with Gasteiger partial charge in [-0.1, -0.05) is 24.3 Å². The minimum Gasteiger partial charge on any atom is -0.274 e. The molecule has 2 aliphatic heterocycles. The Labute approximate surface area is 133 Å². The van der Waals surface area contributed by atoms with E-state index in [2.05, 4.69) is 11.1 Å². The van der Waals surface area contributed by atoms with Crippen LogP contribution in [0.5, 0.6) is 0 Å². The Kier molecular flexibility index (Phi) is 3.18. The number of carbonyl (C=O) groups is 2. The molecule has 5 heteroatoms. The van der Waals surface area contributed by atoms with Gasteiger partial charge in [0.1, 0.15) is 0 Å². The molecular formula is C17H16N2O2S. The highest BCUT2D eigenvalue weighted by atomic mass is 32.2. The summed E-state index contributed by atoms with van der Waals surface area (Å²) in [6, 6.07) is 9.23. The van der Waals surface area contributed by atoms with Gasteiger partial charge in [-0.2, -0.15) is 0 Å². The van der Waals surface area contributed by atoms with E-state index in [1.165, 1.54) is 4.90 Å². The van der Waals surface area contributed by atoms with Gasteiger partial charge < -0.3 is 0 Å². The topological polar surface area (TPSA) is 49.7 Å². The number of thioether (sulfide) groups is 1. The minimum atomic E-state index is -0.249. The second-order valence-electron chi connectivity index (χ2n) is 5.86. The highest BCUT2D eigenvalue weighted by molar-refractivity contribution is 8.13. The predicted octanol–water partition coefficient (Wildman–Crippen LogP) is 2.86. The molecule has 1 saturated heterocycles. The molecule has 3 aliphatic rings. The number of benzene rings is 1. The molecular weight excluding hydrogens is 296 g/mol. The fourth-order valence-electron chi connectivity index (χ4n) is 3.73. The number of aliphatic imine (C=N–C) groups is 1. The Morgan fingerprint density at radius 1 is 1.14 bits per heavy atom. The third-order valence-electron chi connectivity index (χ3n) is 4.77. The van der Waals surface area contributed by atoms with Crippen molar-refractivity contribution in [3.8, 4) is 0 Å². The molecule has 0 N–H and O–H groups in total. The molecule has 0 aromatic heterocycles. The van der Waals surface area contributed by atoms with Crippen molar-refractivity contribution in [2.45, 2.75) is 12.8 Å². The Balaban J connectivity index is 1.69. The molecule has 0 unspecified atom stereocenters. The Bertz CT molecular complexity index is 711. The smallest absolute Gasteiger partial charge is 0.238 e. The molecule has 4 rings (SSSR count). The minimum absolute atomic E-state index is 0.0608. The number of carbonyl (C=O) groups excluding carboxylic acids is 2. The van der Waals surface area contributed by atoms with E-state index in [1.54, 1.807) is 11.8 Å². The third-order valence-corrected chi connectivity index (χ3v) is 5.50. The lowest BCUT2D eigenvalue weighted by atomic mass is 9.75. The third kappa shape index (κ3) is 1.88. The van der Waals surface area contributed by atoms with Crippen molar-refractivity contribution in [2.75, 3.05) is 11.2 Å². The zero-order valence-electron chi connectivity index (χ0n) is 12.2. The number of hydrogen-bond donors (Lipinski definition) is 0. The highest BCUT2D eigenvalue weighted by Gasteiger charge is 2.54. The van der Waals surface area contributed by atoms with Crippen LogP contribution >= 0.6 is 11.8 Å². The maximum absolute atomic E-state index is 12.9. The number of amides is 2. The molecule has 4 nitrogen and oxygen atoms in total. The normalized spacial score (nSPS) is 30.0. The first kappa shape index (κ1) is 13.8. The number of rotatable bonds is 1. The summed E-state index contributed by atoms with van der Waals surface area (Å²) in [6.07, 6.45) is 5.46. The number of imide groups is 1. The summed E-state index contributed by atoms with van der Waals surface area (Å²) in [5, 5.41) is 1.07. The first-order valence-corrected chi connectivity index (χ1v) is 8.67. The Morgan fingerprint density at radius 3 is 2.64 bits per heavy atom. The number of anilines is 1. The molecule has 2 heterocycles. The number of hydrogen-bond acceptors (Lipinski definition) is 4. The van der Waals surface area contributed by atoms with Gasteiger partial charge in [0.05, 0.1) is 22.6 Å². The summed E-state index contributed by atoms with van der Waals surface area (Å²) in [5.41, 5.74) is 1.68. The lowest BCUT2D eigenvalue weighted by molar-refractivity contribution is -0.122. The van der Waals surface area contributed by atoms with Crippen molar-refractivity contribution in [3.05, 3.63) is 42.1 Å². The van der Waals surface area contributed by atoms with Crippen molar-refractivity contribution >= 4 is 34.3 Å². The number of nitrogens with zero attached hydrogens (tertiary/aromatic N) is 2. The van der Waals surface area contributed by atoms with Crippen molar-refractivity contribution in [3.63, 3.8) is 0 Å². The van der Waals surface area contributed by atoms with Crippen LogP contribution in [0.15, 0.2) is 47.1 Å². The maximum atomic E-state index is 12.9. The van der Waals surface area contributed by atoms with Crippen LogP contribution in [0.3, 0.4) is 0 Å². The number of allylic oxidation sites excluding steroid dienone is 2. The molecule has 1 fully saturated rings.